The highest BCUT2D eigenvalue weighted by Crippen LogP contribution is 2.35. The van der Waals surface area contributed by atoms with Crippen molar-refractivity contribution < 1.29 is 0 Å². The first-order chi connectivity index (χ1) is 6.27. The summed E-state index contributed by atoms with van der Waals surface area (Å²) < 4.78 is 0.788. The van der Waals surface area contributed by atoms with Gasteiger partial charge in [-0.15, -0.1) is 22.9 Å². The van der Waals surface area contributed by atoms with Gasteiger partial charge in [0.25, 0.3) is 0 Å². The summed E-state index contributed by atoms with van der Waals surface area (Å²) in [4.78, 5) is 1.10. The normalized spacial score (nSPS) is 13.1. The molecular formula is C9H6Cl2S2. The average molecular weight is 249 g/mol. The van der Waals surface area contributed by atoms with Crippen molar-refractivity contribution in [1.82, 2.24) is 0 Å². The lowest BCUT2D eigenvalue weighted by Crippen LogP contribution is -1.85. The van der Waals surface area contributed by atoms with Crippen LogP contribution in [0.1, 0.15) is 15.8 Å². The fourth-order valence-corrected chi connectivity index (χ4v) is 3.22. The van der Waals surface area contributed by atoms with E-state index >= 15 is 0 Å². The van der Waals surface area contributed by atoms with Gasteiger partial charge in [0.2, 0.25) is 0 Å². The van der Waals surface area contributed by atoms with Crippen LogP contribution in [-0.2, 0) is 0 Å². The Labute approximate surface area is 94.7 Å². The predicted octanol–water partition coefficient (Wildman–Crippen LogP) is 4.79. The summed E-state index contributed by atoms with van der Waals surface area (Å²) in [6.45, 7) is 0. The highest BCUT2D eigenvalue weighted by atomic mass is 35.5. The van der Waals surface area contributed by atoms with E-state index in [0.29, 0.717) is 0 Å². The van der Waals surface area contributed by atoms with E-state index in [4.69, 9.17) is 23.2 Å². The second-order valence-corrected chi connectivity index (χ2v) is 5.52. The van der Waals surface area contributed by atoms with Crippen molar-refractivity contribution in [2.24, 2.45) is 0 Å². The van der Waals surface area contributed by atoms with Crippen LogP contribution in [0.5, 0.6) is 0 Å². The van der Waals surface area contributed by atoms with Gasteiger partial charge in [-0.2, -0.15) is 11.3 Å². The van der Waals surface area contributed by atoms with Gasteiger partial charge in [-0.05, 0) is 34.5 Å². The SMILES string of the molecule is Clc1ccc(C(Cl)c2ccsc2)s1. The molecular weight excluding hydrogens is 243 g/mol. The summed E-state index contributed by atoms with van der Waals surface area (Å²) in [5, 5.41) is 4.04. The van der Waals surface area contributed by atoms with Crippen molar-refractivity contribution in [3.8, 4) is 0 Å². The molecule has 0 nitrogen and oxygen atoms in total. The lowest BCUT2D eigenvalue weighted by molar-refractivity contribution is 1.20. The Morgan fingerprint density at radius 3 is 2.62 bits per heavy atom. The molecule has 0 radical (unpaired) electrons. The van der Waals surface area contributed by atoms with Crippen LogP contribution in [0.3, 0.4) is 0 Å². The summed E-state index contributed by atoms with van der Waals surface area (Å²) >= 11 is 15.3. The zero-order valence-corrected chi connectivity index (χ0v) is 9.68. The fraction of sp³-hybridized carbons (Fsp3) is 0.111. The van der Waals surface area contributed by atoms with Crippen molar-refractivity contribution >= 4 is 45.9 Å². The highest BCUT2D eigenvalue weighted by molar-refractivity contribution is 7.16. The summed E-state index contributed by atoms with van der Waals surface area (Å²) in [5.74, 6) is 0. The van der Waals surface area contributed by atoms with E-state index in [1.807, 2.05) is 23.6 Å². The van der Waals surface area contributed by atoms with E-state index < -0.39 is 0 Å². The van der Waals surface area contributed by atoms with Crippen molar-refractivity contribution in [2.45, 2.75) is 5.38 Å². The third kappa shape index (κ3) is 2.08. The van der Waals surface area contributed by atoms with Crippen LogP contribution < -0.4 is 0 Å². The quantitative estimate of drug-likeness (QED) is 0.671. The molecule has 0 saturated carbocycles. The molecule has 0 spiro atoms. The predicted molar refractivity (Wildman–Crippen MR) is 61.3 cm³/mol. The number of hydrogen-bond donors (Lipinski definition) is 0. The first kappa shape index (κ1) is 9.53. The molecule has 1 atom stereocenters. The van der Waals surface area contributed by atoms with Crippen LogP contribution in [-0.4, -0.2) is 0 Å². The highest BCUT2D eigenvalue weighted by Gasteiger charge is 2.12. The van der Waals surface area contributed by atoms with E-state index in [1.165, 1.54) is 11.3 Å². The Hall–Kier alpha value is -0.0200. The standard InChI is InChI=1S/C9H6Cl2S2/c10-8-2-1-7(13-8)9(11)6-3-4-12-5-6/h1-5,9H. The van der Waals surface area contributed by atoms with Gasteiger partial charge in [0.15, 0.2) is 0 Å². The van der Waals surface area contributed by atoms with E-state index in [9.17, 15) is 0 Å². The molecule has 13 heavy (non-hydrogen) atoms. The molecule has 2 aromatic heterocycles. The monoisotopic (exact) mass is 248 g/mol. The largest absolute Gasteiger partial charge is 0.152 e. The van der Waals surface area contributed by atoms with Crippen molar-refractivity contribution in [1.29, 1.82) is 0 Å². The zero-order chi connectivity index (χ0) is 9.26. The Morgan fingerprint density at radius 1 is 1.23 bits per heavy atom. The summed E-state index contributed by atoms with van der Waals surface area (Å²) in [6, 6.07) is 5.89. The lowest BCUT2D eigenvalue weighted by atomic mass is 10.2. The Balaban J connectivity index is 2.28. The minimum Gasteiger partial charge on any atom is -0.152 e. The Bertz CT molecular complexity index is 378. The molecule has 0 fully saturated rings. The minimum absolute atomic E-state index is 0.0521. The van der Waals surface area contributed by atoms with Crippen LogP contribution in [0.4, 0.5) is 0 Å². The molecule has 0 saturated heterocycles. The molecule has 2 aromatic rings. The van der Waals surface area contributed by atoms with Crippen LogP contribution in [0, 0.1) is 0 Å². The number of thiophene rings is 2. The molecule has 0 amide bonds. The molecule has 1 unspecified atom stereocenters. The van der Waals surface area contributed by atoms with Crippen LogP contribution in [0.15, 0.2) is 29.0 Å². The molecule has 0 aliphatic carbocycles. The van der Waals surface area contributed by atoms with Crippen LogP contribution in [0.2, 0.25) is 4.34 Å². The van der Waals surface area contributed by atoms with Gasteiger partial charge in [-0.3, -0.25) is 0 Å². The molecule has 0 aliphatic rings. The van der Waals surface area contributed by atoms with Gasteiger partial charge in [0.05, 0.1) is 9.71 Å². The maximum Gasteiger partial charge on any atom is 0.0936 e. The first-order valence-corrected chi connectivity index (χ1v) is 6.26. The molecule has 0 aromatic carbocycles. The number of halogens is 2. The number of rotatable bonds is 2. The second kappa shape index (κ2) is 4.01. The van der Waals surface area contributed by atoms with Gasteiger partial charge >= 0.3 is 0 Å². The van der Waals surface area contributed by atoms with Gasteiger partial charge in [0.1, 0.15) is 0 Å². The fourth-order valence-electron chi connectivity index (χ4n) is 1.05. The number of alkyl halides is 1. The maximum absolute atomic E-state index is 6.24. The Morgan fingerprint density at radius 2 is 2.08 bits per heavy atom. The third-order valence-corrected chi connectivity index (χ3v) is 4.29. The lowest BCUT2D eigenvalue weighted by Gasteiger charge is -2.02. The van der Waals surface area contributed by atoms with E-state index in [1.54, 1.807) is 11.3 Å². The summed E-state index contributed by atoms with van der Waals surface area (Å²) in [5.41, 5.74) is 1.14. The van der Waals surface area contributed by atoms with Crippen molar-refractivity contribution in [3.05, 3.63) is 43.7 Å². The van der Waals surface area contributed by atoms with E-state index in [2.05, 4.69) is 5.38 Å². The molecule has 68 valence electrons. The van der Waals surface area contributed by atoms with Crippen molar-refractivity contribution in [3.63, 3.8) is 0 Å². The topological polar surface area (TPSA) is 0 Å². The smallest absolute Gasteiger partial charge is 0.0936 e. The maximum atomic E-state index is 6.24. The average Bonchev–Trinajstić information content (AvgIpc) is 2.72. The van der Waals surface area contributed by atoms with Gasteiger partial charge in [-0.1, -0.05) is 11.6 Å². The minimum atomic E-state index is -0.0521. The Kier molecular flexibility index (Phi) is 2.94. The molecule has 0 aliphatic heterocycles. The van der Waals surface area contributed by atoms with Gasteiger partial charge in [0, 0.05) is 4.88 Å². The first-order valence-electron chi connectivity index (χ1n) is 3.69. The van der Waals surface area contributed by atoms with Crippen LogP contribution >= 0.6 is 45.9 Å². The van der Waals surface area contributed by atoms with E-state index in [-0.39, 0.29) is 5.38 Å². The molecule has 2 heterocycles. The summed E-state index contributed by atoms with van der Waals surface area (Å²) in [6.07, 6.45) is 0. The van der Waals surface area contributed by atoms with Crippen molar-refractivity contribution in [2.75, 3.05) is 0 Å². The van der Waals surface area contributed by atoms with Crippen LogP contribution in [0.25, 0.3) is 0 Å². The van der Waals surface area contributed by atoms with E-state index in [0.717, 1.165) is 14.8 Å². The summed E-state index contributed by atoms with van der Waals surface area (Å²) in [7, 11) is 0. The molecule has 2 rings (SSSR count). The molecule has 4 heteroatoms. The van der Waals surface area contributed by atoms with Gasteiger partial charge < -0.3 is 0 Å². The zero-order valence-electron chi connectivity index (χ0n) is 6.54. The molecule has 0 bridgehead atoms. The third-order valence-electron chi connectivity index (χ3n) is 1.68. The van der Waals surface area contributed by atoms with Gasteiger partial charge in [-0.25, -0.2) is 0 Å². The molecule has 0 N–H and O–H groups in total. The number of hydrogen-bond acceptors (Lipinski definition) is 2. The second-order valence-electron chi connectivity index (χ2n) is 2.56.